The molecule has 3 heterocycles. The van der Waals surface area contributed by atoms with Gasteiger partial charge in [-0.2, -0.15) is 5.10 Å². The van der Waals surface area contributed by atoms with Crippen LogP contribution < -0.4 is 0 Å². The van der Waals surface area contributed by atoms with E-state index < -0.39 is 15.8 Å². The lowest BCUT2D eigenvalue weighted by Gasteiger charge is -2.32. The Labute approximate surface area is 209 Å². The van der Waals surface area contributed by atoms with Crippen LogP contribution in [0.4, 0.5) is 4.39 Å². The highest BCUT2D eigenvalue weighted by Gasteiger charge is 2.26. The van der Waals surface area contributed by atoms with Crippen LogP contribution in [0.15, 0.2) is 72.0 Å². The maximum Gasteiger partial charge on any atom is 0.268 e. The number of amides is 1. The van der Waals surface area contributed by atoms with Gasteiger partial charge >= 0.3 is 0 Å². The molecule has 0 saturated carbocycles. The molecule has 188 valence electrons. The molecule has 0 spiro atoms. The predicted molar refractivity (Wildman–Crippen MR) is 136 cm³/mol. The van der Waals surface area contributed by atoms with E-state index in [2.05, 4.69) is 5.10 Å². The van der Waals surface area contributed by atoms with E-state index in [1.54, 1.807) is 30.5 Å². The zero-order chi connectivity index (χ0) is 25.4. The van der Waals surface area contributed by atoms with Gasteiger partial charge in [-0.1, -0.05) is 18.2 Å². The lowest BCUT2D eigenvalue weighted by Crippen LogP contribution is -2.43. The molecule has 1 aliphatic rings. The van der Waals surface area contributed by atoms with Crippen LogP contribution in [0.3, 0.4) is 0 Å². The molecule has 1 saturated heterocycles. The molecule has 2 aromatic heterocycles. The zero-order valence-corrected chi connectivity index (χ0v) is 21.0. The molecule has 10 heteroatoms. The molecule has 36 heavy (non-hydrogen) atoms. The Kier molecular flexibility index (Phi) is 6.40. The van der Waals surface area contributed by atoms with E-state index in [1.165, 1.54) is 30.5 Å². The Bertz CT molecular complexity index is 1500. The summed E-state index contributed by atoms with van der Waals surface area (Å²) in [5.41, 5.74) is 1.68. The van der Waals surface area contributed by atoms with E-state index in [0.29, 0.717) is 30.6 Å². The normalized spacial score (nSPS) is 15.2. The van der Waals surface area contributed by atoms with Crippen LogP contribution in [-0.4, -0.2) is 71.6 Å². The van der Waals surface area contributed by atoms with Gasteiger partial charge in [-0.15, -0.1) is 0 Å². The van der Waals surface area contributed by atoms with Gasteiger partial charge in [-0.3, -0.25) is 9.48 Å². The number of halogens is 1. The number of rotatable bonds is 6. The van der Waals surface area contributed by atoms with Gasteiger partial charge < -0.3 is 9.80 Å². The predicted octanol–water partition coefficient (Wildman–Crippen LogP) is 3.61. The number of carbonyl (C=O) groups is 1. The fraction of sp³-hybridized carbons (Fsp3) is 0.308. The Balaban J connectivity index is 1.45. The fourth-order valence-electron chi connectivity index (χ4n) is 4.73. The summed E-state index contributed by atoms with van der Waals surface area (Å²) >= 11 is 0. The largest absolute Gasteiger partial charge is 0.341 e. The zero-order valence-electron chi connectivity index (χ0n) is 20.2. The molecule has 8 nitrogen and oxygen atoms in total. The van der Waals surface area contributed by atoms with E-state index in [9.17, 15) is 17.6 Å². The van der Waals surface area contributed by atoms with Crippen LogP contribution in [0.5, 0.6) is 0 Å². The summed E-state index contributed by atoms with van der Waals surface area (Å²) in [4.78, 5) is 16.2. The number of nitrogens with zero attached hydrogens (tertiary/aromatic N) is 5. The average molecular weight is 510 g/mol. The second-order valence-electron chi connectivity index (χ2n) is 9.38. The van der Waals surface area contributed by atoms with E-state index in [0.717, 1.165) is 22.4 Å². The average Bonchev–Trinajstić information content (AvgIpc) is 3.49. The number of hydrogen-bond acceptors (Lipinski definition) is 5. The van der Waals surface area contributed by atoms with Crippen LogP contribution in [-0.2, 0) is 14.8 Å². The standard InChI is InChI=1S/C26H28FN5O3S/c1-29(2)18-26(33)30-12-10-21(11-13-30)31-16-19(15-28-31)24-17-32(25-14-20(27)8-9-23(24)25)36(34,35)22-6-4-3-5-7-22/h3-9,14-17,21H,10-13,18H2,1-2H3. The molecule has 0 radical (unpaired) electrons. The highest BCUT2D eigenvalue weighted by atomic mass is 32.2. The first kappa shape index (κ1) is 24.2. The minimum atomic E-state index is -3.92. The lowest BCUT2D eigenvalue weighted by atomic mass is 10.0. The number of hydrogen-bond donors (Lipinski definition) is 0. The van der Waals surface area contributed by atoms with Crippen molar-refractivity contribution in [1.29, 1.82) is 0 Å². The molecular formula is C26H28FN5O3S. The Morgan fingerprint density at radius 1 is 1.08 bits per heavy atom. The van der Waals surface area contributed by atoms with Crippen LogP contribution in [0.25, 0.3) is 22.0 Å². The maximum absolute atomic E-state index is 14.2. The van der Waals surface area contributed by atoms with Gasteiger partial charge in [0.15, 0.2) is 0 Å². The first-order chi connectivity index (χ1) is 17.2. The van der Waals surface area contributed by atoms with Crippen molar-refractivity contribution in [2.24, 2.45) is 0 Å². The summed E-state index contributed by atoms with van der Waals surface area (Å²) in [5.74, 6) is -0.387. The molecular weight excluding hydrogens is 481 g/mol. The topological polar surface area (TPSA) is 80.4 Å². The number of carbonyl (C=O) groups excluding carboxylic acids is 1. The van der Waals surface area contributed by atoms with Crippen molar-refractivity contribution >= 4 is 26.8 Å². The number of fused-ring (bicyclic) bond motifs is 1. The molecule has 1 fully saturated rings. The summed E-state index contributed by atoms with van der Waals surface area (Å²) < 4.78 is 44.0. The van der Waals surface area contributed by atoms with Crippen molar-refractivity contribution in [2.75, 3.05) is 33.7 Å². The van der Waals surface area contributed by atoms with E-state index >= 15 is 0 Å². The summed E-state index contributed by atoms with van der Waals surface area (Å²) in [6, 6.07) is 12.4. The van der Waals surface area contributed by atoms with Gasteiger partial charge in [0.2, 0.25) is 5.91 Å². The lowest BCUT2D eigenvalue weighted by molar-refractivity contribution is -0.133. The van der Waals surface area contributed by atoms with Crippen LogP contribution in [0, 0.1) is 5.82 Å². The first-order valence-corrected chi connectivity index (χ1v) is 13.3. The van der Waals surface area contributed by atoms with E-state index in [-0.39, 0.29) is 22.4 Å². The minimum absolute atomic E-state index is 0.124. The molecule has 4 aromatic rings. The van der Waals surface area contributed by atoms with Crippen LogP contribution >= 0.6 is 0 Å². The third-order valence-electron chi connectivity index (χ3n) is 6.59. The van der Waals surface area contributed by atoms with E-state index in [4.69, 9.17) is 0 Å². The third-order valence-corrected chi connectivity index (χ3v) is 8.28. The van der Waals surface area contributed by atoms with Gasteiger partial charge in [0, 0.05) is 42.0 Å². The Morgan fingerprint density at radius 3 is 2.50 bits per heavy atom. The monoisotopic (exact) mass is 509 g/mol. The van der Waals surface area contributed by atoms with Crippen molar-refractivity contribution in [2.45, 2.75) is 23.8 Å². The second-order valence-corrected chi connectivity index (χ2v) is 11.2. The van der Waals surface area contributed by atoms with Crippen molar-refractivity contribution < 1.29 is 17.6 Å². The number of aromatic nitrogens is 3. The number of benzene rings is 2. The fourth-order valence-corrected chi connectivity index (χ4v) is 6.12. The van der Waals surface area contributed by atoms with Gasteiger partial charge in [-0.25, -0.2) is 16.8 Å². The Morgan fingerprint density at radius 2 is 1.81 bits per heavy atom. The van der Waals surface area contributed by atoms with E-state index in [1.807, 2.05) is 34.8 Å². The van der Waals surface area contributed by atoms with Crippen LogP contribution in [0.2, 0.25) is 0 Å². The minimum Gasteiger partial charge on any atom is -0.341 e. The van der Waals surface area contributed by atoms with Crippen LogP contribution in [0.1, 0.15) is 18.9 Å². The Hall–Kier alpha value is -3.50. The number of likely N-dealkylation sites (N-methyl/N-ethyl adjacent to an activating group) is 1. The molecule has 1 amide bonds. The summed E-state index contributed by atoms with van der Waals surface area (Å²) in [6.07, 6.45) is 6.72. The summed E-state index contributed by atoms with van der Waals surface area (Å²) in [6.45, 7) is 1.73. The molecule has 2 aromatic carbocycles. The van der Waals surface area contributed by atoms with Gasteiger partial charge in [0.1, 0.15) is 5.82 Å². The highest BCUT2D eigenvalue weighted by molar-refractivity contribution is 7.90. The van der Waals surface area contributed by atoms with Gasteiger partial charge in [-0.05, 0) is 57.3 Å². The van der Waals surface area contributed by atoms with Crippen molar-refractivity contribution in [3.63, 3.8) is 0 Å². The maximum atomic E-state index is 14.2. The molecule has 0 atom stereocenters. The van der Waals surface area contributed by atoms with Gasteiger partial charge in [0.05, 0.1) is 29.2 Å². The third kappa shape index (κ3) is 4.54. The highest BCUT2D eigenvalue weighted by Crippen LogP contribution is 2.34. The summed E-state index contributed by atoms with van der Waals surface area (Å²) in [5, 5.41) is 5.19. The molecule has 0 unspecified atom stereocenters. The molecule has 0 aliphatic carbocycles. The molecule has 5 rings (SSSR count). The molecule has 0 bridgehead atoms. The molecule has 1 aliphatic heterocycles. The van der Waals surface area contributed by atoms with Crippen molar-refractivity contribution in [3.05, 3.63) is 72.9 Å². The smallest absolute Gasteiger partial charge is 0.268 e. The van der Waals surface area contributed by atoms with Gasteiger partial charge in [0.25, 0.3) is 10.0 Å². The number of piperidine rings is 1. The number of likely N-dealkylation sites (tertiary alicyclic amines) is 1. The van der Waals surface area contributed by atoms with Crippen molar-refractivity contribution in [3.8, 4) is 11.1 Å². The first-order valence-electron chi connectivity index (χ1n) is 11.8. The van der Waals surface area contributed by atoms with Crippen molar-refractivity contribution in [1.82, 2.24) is 23.6 Å². The second kappa shape index (κ2) is 9.51. The quantitative estimate of drug-likeness (QED) is 0.397. The summed E-state index contributed by atoms with van der Waals surface area (Å²) in [7, 11) is -0.162. The SMILES string of the molecule is CN(C)CC(=O)N1CCC(n2cc(-c3cn(S(=O)(=O)c4ccccc4)c4cc(F)ccc34)cn2)CC1. The molecule has 0 N–H and O–H groups in total.